The molecule has 3 aromatic rings. The van der Waals surface area contributed by atoms with E-state index in [1.165, 1.54) is 16.7 Å². The van der Waals surface area contributed by atoms with Gasteiger partial charge in [0.2, 0.25) is 5.95 Å². The van der Waals surface area contributed by atoms with Crippen molar-refractivity contribution in [1.82, 2.24) is 18.7 Å². The smallest absolute Gasteiger partial charge is 0.332 e. The van der Waals surface area contributed by atoms with E-state index in [9.17, 15) is 14.0 Å². The Balaban J connectivity index is 1.88. The van der Waals surface area contributed by atoms with Gasteiger partial charge in [-0.3, -0.25) is 13.9 Å². The Hall–Kier alpha value is -2.90. The number of aryl methyl sites for hydroxylation is 2. The fourth-order valence-electron chi connectivity index (χ4n) is 4.06. The van der Waals surface area contributed by atoms with Crippen LogP contribution in [0, 0.1) is 5.82 Å². The minimum atomic E-state index is -0.285. The second-order valence-electron chi connectivity index (χ2n) is 7.53. The van der Waals surface area contributed by atoms with Crippen LogP contribution in [0.25, 0.3) is 11.2 Å². The van der Waals surface area contributed by atoms with Gasteiger partial charge in [-0.25, -0.2) is 9.18 Å². The number of hydrogen-bond acceptors (Lipinski definition) is 4. The third kappa shape index (κ3) is 3.36. The Kier molecular flexibility index (Phi) is 5.25. The molecule has 2 aromatic heterocycles. The van der Waals surface area contributed by atoms with Crippen molar-refractivity contribution < 1.29 is 4.39 Å². The molecule has 0 spiro atoms. The van der Waals surface area contributed by atoms with Crippen LogP contribution >= 0.6 is 0 Å². The molecule has 0 N–H and O–H groups in total. The summed E-state index contributed by atoms with van der Waals surface area (Å²) in [6.45, 7) is 6.94. The quantitative estimate of drug-likeness (QED) is 0.639. The number of aromatic nitrogens is 4. The Bertz CT molecular complexity index is 1140. The van der Waals surface area contributed by atoms with Gasteiger partial charge < -0.3 is 9.47 Å². The Morgan fingerprint density at radius 1 is 1.00 bits per heavy atom. The van der Waals surface area contributed by atoms with Gasteiger partial charge >= 0.3 is 5.69 Å². The number of fused-ring (bicyclic) bond motifs is 3. The second-order valence-corrected chi connectivity index (χ2v) is 7.53. The molecular formula is C21H26FN5O2. The van der Waals surface area contributed by atoms with Crippen molar-refractivity contribution in [2.75, 3.05) is 11.4 Å². The molecule has 0 aliphatic carbocycles. The molecule has 1 aliphatic rings. The van der Waals surface area contributed by atoms with Crippen molar-refractivity contribution >= 4 is 17.1 Å². The minimum Gasteiger partial charge on any atom is -0.338 e. The first-order valence-electron chi connectivity index (χ1n) is 10.3. The summed E-state index contributed by atoms with van der Waals surface area (Å²) in [5, 5.41) is 0. The molecule has 0 unspecified atom stereocenters. The maximum absolute atomic E-state index is 13.2. The highest BCUT2D eigenvalue weighted by Gasteiger charge is 2.26. The van der Waals surface area contributed by atoms with E-state index in [1.54, 1.807) is 16.7 Å². The summed E-state index contributed by atoms with van der Waals surface area (Å²) in [6, 6.07) is 6.42. The number of nitrogens with zero attached hydrogens (tertiary/aromatic N) is 5. The molecule has 3 heterocycles. The van der Waals surface area contributed by atoms with E-state index < -0.39 is 0 Å². The lowest BCUT2D eigenvalue weighted by atomic mass is 10.2. The van der Waals surface area contributed by atoms with Gasteiger partial charge in [0.25, 0.3) is 5.56 Å². The van der Waals surface area contributed by atoms with Crippen molar-refractivity contribution in [3.63, 3.8) is 0 Å². The molecule has 8 heteroatoms. The van der Waals surface area contributed by atoms with Gasteiger partial charge in [-0.1, -0.05) is 26.0 Å². The Morgan fingerprint density at radius 2 is 1.69 bits per heavy atom. The predicted molar refractivity (Wildman–Crippen MR) is 111 cm³/mol. The van der Waals surface area contributed by atoms with Gasteiger partial charge in [0.15, 0.2) is 11.2 Å². The van der Waals surface area contributed by atoms with Crippen molar-refractivity contribution in [3.8, 4) is 0 Å². The molecule has 0 bridgehead atoms. The maximum atomic E-state index is 13.2. The monoisotopic (exact) mass is 399 g/mol. The molecular weight excluding hydrogens is 373 g/mol. The first kappa shape index (κ1) is 19.4. The summed E-state index contributed by atoms with van der Waals surface area (Å²) in [5.74, 6) is 0.436. The van der Waals surface area contributed by atoms with E-state index in [1.807, 2.05) is 18.4 Å². The standard InChI is InChI=1S/C21H26FN5O2/c1-3-10-26-18-17(19(28)27(11-4-2)21(26)29)25-13-5-12-24(20(25)23-18)14-15-6-8-16(22)9-7-15/h6-9H,3-5,10-14H2,1-2H3. The lowest BCUT2D eigenvalue weighted by molar-refractivity contribution is 0.546. The second kappa shape index (κ2) is 7.85. The maximum Gasteiger partial charge on any atom is 0.332 e. The van der Waals surface area contributed by atoms with Crippen LogP contribution in [0.3, 0.4) is 0 Å². The Labute approximate surface area is 168 Å². The summed E-state index contributed by atoms with van der Waals surface area (Å²) in [7, 11) is 0. The average molecular weight is 399 g/mol. The molecule has 154 valence electrons. The molecule has 29 heavy (non-hydrogen) atoms. The number of benzene rings is 1. The van der Waals surface area contributed by atoms with Crippen molar-refractivity contribution in [3.05, 3.63) is 56.5 Å². The van der Waals surface area contributed by atoms with Gasteiger partial charge in [0.05, 0.1) is 0 Å². The predicted octanol–water partition coefficient (Wildman–Crippen LogP) is 2.73. The summed E-state index contributed by atoms with van der Waals surface area (Å²) in [6.07, 6.45) is 2.37. The van der Waals surface area contributed by atoms with Crippen molar-refractivity contribution in [1.29, 1.82) is 0 Å². The van der Waals surface area contributed by atoms with E-state index in [-0.39, 0.29) is 17.1 Å². The number of rotatable bonds is 6. The number of anilines is 1. The lowest BCUT2D eigenvalue weighted by Gasteiger charge is -2.29. The summed E-state index contributed by atoms with van der Waals surface area (Å²) in [5.41, 5.74) is 1.40. The molecule has 0 radical (unpaired) electrons. The van der Waals surface area contributed by atoms with Gasteiger partial charge in [-0.2, -0.15) is 4.98 Å². The van der Waals surface area contributed by atoms with Gasteiger partial charge in [0.1, 0.15) is 5.82 Å². The minimum absolute atomic E-state index is 0.262. The molecule has 0 saturated carbocycles. The van der Waals surface area contributed by atoms with Gasteiger partial charge in [-0.05, 0) is 37.0 Å². The number of hydrogen-bond donors (Lipinski definition) is 0. The number of halogens is 1. The SMILES string of the molecule is CCCn1c(=O)c2c(nc3n2CCCN3Cc2ccc(F)cc2)n(CCC)c1=O. The van der Waals surface area contributed by atoms with Gasteiger partial charge in [0, 0.05) is 32.7 Å². The van der Waals surface area contributed by atoms with Crippen molar-refractivity contribution in [2.45, 2.75) is 59.3 Å². The fraction of sp³-hybridized carbons (Fsp3) is 0.476. The molecule has 0 amide bonds. The van der Waals surface area contributed by atoms with E-state index in [2.05, 4.69) is 4.90 Å². The summed E-state index contributed by atoms with van der Waals surface area (Å²) in [4.78, 5) is 32.9. The molecule has 0 saturated heterocycles. The molecule has 0 atom stereocenters. The van der Waals surface area contributed by atoms with Crippen LogP contribution < -0.4 is 16.1 Å². The average Bonchev–Trinajstić information content (AvgIpc) is 3.11. The lowest BCUT2D eigenvalue weighted by Crippen LogP contribution is -2.41. The molecule has 0 fully saturated rings. The highest BCUT2D eigenvalue weighted by Crippen LogP contribution is 2.26. The fourth-order valence-corrected chi connectivity index (χ4v) is 4.06. The third-order valence-electron chi connectivity index (χ3n) is 5.37. The molecule has 4 rings (SSSR count). The zero-order chi connectivity index (χ0) is 20.5. The zero-order valence-corrected chi connectivity index (χ0v) is 16.9. The van der Waals surface area contributed by atoms with E-state index >= 15 is 0 Å². The van der Waals surface area contributed by atoms with E-state index in [4.69, 9.17) is 4.98 Å². The van der Waals surface area contributed by atoms with Crippen LogP contribution in [-0.4, -0.2) is 25.2 Å². The zero-order valence-electron chi connectivity index (χ0n) is 16.9. The Morgan fingerprint density at radius 3 is 2.38 bits per heavy atom. The van der Waals surface area contributed by atoms with E-state index in [0.717, 1.165) is 24.9 Å². The normalized spacial score (nSPS) is 13.8. The molecule has 7 nitrogen and oxygen atoms in total. The van der Waals surface area contributed by atoms with E-state index in [0.29, 0.717) is 49.7 Å². The van der Waals surface area contributed by atoms with Crippen molar-refractivity contribution in [2.24, 2.45) is 0 Å². The van der Waals surface area contributed by atoms with Crippen LogP contribution in [0.15, 0.2) is 33.9 Å². The van der Waals surface area contributed by atoms with Crippen LogP contribution in [0.2, 0.25) is 0 Å². The van der Waals surface area contributed by atoms with Crippen LogP contribution in [-0.2, 0) is 26.2 Å². The third-order valence-corrected chi connectivity index (χ3v) is 5.37. The first-order chi connectivity index (χ1) is 14.0. The summed E-state index contributed by atoms with van der Waals surface area (Å²) >= 11 is 0. The van der Waals surface area contributed by atoms with Crippen LogP contribution in [0.1, 0.15) is 38.7 Å². The highest BCUT2D eigenvalue weighted by molar-refractivity contribution is 5.75. The van der Waals surface area contributed by atoms with Crippen LogP contribution in [0.5, 0.6) is 0 Å². The topological polar surface area (TPSA) is 65.1 Å². The molecule has 1 aromatic carbocycles. The first-order valence-corrected chi connectivity index (χ1v) is 10.3. The van der Waals surface area contributed by atoms with Crippen LogP contribution in [0.4, 0.5) is 10.3 Å². The summed E-state index contributed by atoms with van der Waals surface area (Å²) < 4.78 is 18.2. The highest BCUT2D eigenvalue weighted by atomic mass is 19.1. The largest absolute Gasteiger partial charge is 0.338 e. The van der Waals surface area contributed by atoms with Gasteiger partial charge in [-0.15, -0.1) is 0 Å². The number of imidazole rings is 1. The molecule has 1 aliphatic heterocycles.